The minimum Gasteiger partial charge on any atom is -0.416 e. The average Bonchev–Trinajstić information content (AvgIpc) is 3.04. The van der Waals surface area contributed by atoms with Gasteiger partial charge < -0.3 is 14.1 Å². The van der Waals surface area contributed by atoms with Gasteiger partial charge in [0.1, 0.15) is 0 Å². The van der Waals surface area contributed by atoms with Gasteiger partial charge in [-0.25, -0.2) is 0 Å². The van der Waals surface area contributed by atoms with Crippen LogP contribution in [-0.4, -0.2) is 65.3 Å². The van der Waals surface area contributed by atoms with Gasteiger partial charge in [-0.2, -0.15) is 13.2 Å². The van der Waals surface area contributed by atoms with Crippen LogP contribution in [0.25, 0.3) is 0 Å². The van der Waals surface area contributed by atoms with E-state index in [1.807, 2.05) is 4.90 Å². The Kier molecular flexibility index (Phi) is 5.04. The zero-order valence-corrected chi connectivity index (χ0v) is 13.1. The first-order valence-electron chi connectivity index (χ1n) is 7.92. The van der Waals surface area contributed by atoms with Crippen molar-refractivity contribution in [1.29, 1.82) is 0 Å². The monoisotopic (exact) mass is 348 g/mol. The Labute approximate surface area is 136 Å². The molecule has 7 nitrogen and oxygen atoms in total. The van der Waals surface area contributed by atoms with Gasteiger partial charge in [0, 0.05) is 19.6 Å². The largest absolute Gasteiger partial charge is 0.470 e. The first-order chi connectivity index (χ1) is 11.4. The molecule has 0 spiro atoms. The number of halogens is 3. The van der Waals surface area contributed by atoms with Crippen molar-refractivity contribution in [3.63, 3.8) is 0 Å². The number of alkyl halides is 3. The summed E-state index contributed by atoms with van der Waals surface area (Å²) in [6, 6.07) is 0. The Hall–Kier alpha value is -1.68. The Balaban J connectivity index is 1.57. The lowest BCUT2D eigenvalue weighted by Gasteiger charge is -2.35. The van der Waals surface area contributed by atoms with Crippen LogP contribution in [-0.2, 0) is 22.3 Å². The first kappa shape index (κ1) is 17.2. The van der Waals surface area contributed by atoms with Crippen LogP contribution in [0.1, 0.15) is 24.6 Å². The van der Waals surface area contributed by atoms with Crippen molar-refractivity contribution in [1.82, 2.24) is 20.0 Å². The van der Waals surface area contributed by atoms with Crippen molar-refractivity contribution in [2.75, 3.05) is 39.4 Å². The Morgan fingerprint density at radius 1 is 1.21 bits per heavy atom. The number of carbonyl (C=O) groups is 1. The third kappa shape index (κ3) is 4.04. The lowest BCUT2D eigenvalue weighted by atomic mass is 9.96. The van der Waals surface area contributed by atoms with Gasteiger partial charge in [0.05, 0.1) is 25.7 Å². The number of amides is 1. The summed E-state index contributed by atoms with van der Waals surface area (Å²) in [5.74, 6) is -1.48. The molecule has 1 unspecified atom stereocenters. The first-order valence-corrected chi connectivity index (χ1v) is 7.92. The zero-order valence-electron chi connectivity index (χ0n) is 13.1. The van der Waals surface area contributed by atoms with Gasteiger partial charge in [-0.3, -0.25) is 9.69 Å². The second-order valence-electron chi connectivity index (χ2n) is 6.01. The molecule has 10 heteroatoms. The molecular weight excluding hydrogens is 329 g/mol. The maximum atomic E-state index is 12.5. The van der Waals surface area contributed by atoms with Gasteiger partial charge in [-0.05, 0) is 19.4 Å². The highest BCUT2D eigenvalue weighted by Gasteiger charge is 2.38. The van der Waals surface area contributed by atoms with Crippen LogP contribution in [0.2, 0.25) is 0 Å². The minimum atomic E-state index is -4.64. The number of likely N-dealkylation sites (tertiary alicyclic amines) is 1. The van der Waals surface area contributed by atoms with E-state index in [1.54, 1.807) is 4.90 Å². The fourth-order valence-corrected chi connectivity index (χ4v) is 3.07. The van der Waals surface area contributed by atoms with E-state index in [-0.39, 0.29) is 24.3 Å². The van der Waals surface area contributed by atoms with E-state index < -0.39 is 12.1 Å². The highest BCUT2D eigenvalue weighted by molar-refractivity contribution is 5.79. The normalized spacial score (nSPS) is 23.5. The van der Waals surface area contributed by atoms with Crippen molar-refractivity contribution < 1.29 is 27.1 Å². The fourth-order valence-electron chi connectivity index (χ4n) is 3.07. The maximum Gasteiger partial charge on any atom is 0.470 e. The van der Waals surface area contributed by atoms with Crippen molar-refractivity contribution >= 4 is 5.91 Å². The Morgan fingerprint density at radius 3 is 2.62 bits per heavy atom. The van der Waals surface area contributed by atoms with Crippen LogP contribution in [0.15, 0.2) is 4.42 Å². The van der Waals surface area contributed by atoms with Gasteiger partial charge in [0.15, 0.2) is 0 Å². The molecule has 3 heterocycles. The van der Waals surface area contributed by atoms with Crippen molar-refractivity contribution in [3.05, 3.63) is 11.8 Å². The minimum absolute atomic E-state index is 0.0817. The van der Waals surface area contributed by atoms with E-state index in [4.69, 9.17) is 4.74 Å². The van der Waals surface area contributed by atoms with E-state index in [9.17, 15) is 18.0 Å². The standard InChI is InChI=1S/C14H19F3N4O3/c15-14(16,17)13-19-18-11(24-13)9-20-3-1-2-10(8-20)12(22)21-4-6-23-7-5-21/h10H,1-9H2. The Morgan fingerprint density at radius 2 is 1.96 bits per heavy atom. The smallest absolute Gasteiger partial charge is 0.416 e. The summed E-state index contributed by atoms with van der Waals surface area (Å²) in [4.78, 5) is 16.2. The van der Waals surface area contributed by atoms with E-state index in [0.29, 0.717) is 39.4 Å². The molecule has 0 N–H and O–H groups in total. The second kappa shape index (κ2) is 7.06. The molecule has 2 aliphatic rings. The molecule has 1 aromatic rings. The van der Waals surface area contributed by atoms with Gasteiger partial charge >= 0.3 is 12.1 Å². The molecular formula is C14H19F3N4O3. The molecule has 1 atom stereocenters. The number of carbonyl (C=O) groups excluding carboxylic acids is 1. The van der Waals surface area contributed by atoms with Crippen molar-refractivity contribution in [2.45, 2.75) is 25.6 Å². The van der Waals surface area contributed by atoms with Crippen molar-refractivity contribution in [3.8, 4) is 0 Å². The van der Waals surface area contributed by atoms with E-state index in [0.717, 1.165) is 12.8 Å². The summed E-state index contributed by atoms with van der Waals surface area (Å²) in [7, 11) is 0. The molecule has 2 aliphatic heterocycles. The molecule has 24 heavy (non-hydrogen) atoms. The number of hydrogen-bond acceptors (Lipinski definition) is 6. The van der Waals surface area contributed by atoms with Gasteiger partial charge in [0.2, 0.25) is 11.8 Å². The number of nitrogens with zero attached hydrogens (tertiary/aromatic N) is 4. The molecule has 0 bridgehead atoms. The number of rotatable bonds is 3. The second-order valence-corrected chi connectivity index (χ2v) is 6.01. The quantitative estimate of drug-likeness (QED) is 0.816. The maximum absolute atomic E-state index is 12.5. The third-order valence-corrected chi connectivity index (χ3v) is 4.25. The number of piperidine rings is 1. The molecule has 3 rings (SSSR count). The predicted molar refractivity (Wildman–Crippen MR) is 74.7 cm³/mol. The van der Waals surface area contributed by atoms with Crippen LogP contribution in [0.4, 0.5) is 13.2 Å². The molecule has 0 aromatic carbocycles. The molecule has 134 valence electrons. The van der Waals surface area contributed by atoms with E-state index in [1.165, 1.54) is 0 Å². The summed E-state index contributed by atoms with van der Waals surface area (Å²) in [6.45, 7) is 3.57. The summed E-state index contributed by atoms with van der Waals surface area (Å²) in [5.41, 5.74) is 0. The highest BCUT2D eigenvalue weighted by Crippen LogP contribution is 2.28. The third-order valence-electron chi connectivity index (χ3n) is 4.25. The van der Waals surface area contributed by atoms with Gasteiger partial charge in [-0.1, -0.05) is 0 Å². The van der Waals surface area contributed by atoms with Crippen LogP contribution in [0, 0.1) is 5.92 Å². The molecule has 2 fully saturated rings. The molecule has 1 aromatic heterocycles. The number of hydrogen-bond donors (Lipinski definition) is 0. The summed E-state index contributed by atoms with van der Waals surface area (Å²) in [6.07, 6.45) is -3.05. The summed E-state index contributed by atoms with van der Waals surface area (Å²) in [5, 5.41) is 6.47. The lowest BCUT2D eigenvalue weighted by Crippen LogP contribution is -2.48. The molecule has 0 aliphatic carbocycles. The molecule has 0 radical (unpaired) electrons. The van der Waals surface area contributed by atoms with E-state index in [2.05, 4.69) is 14.6 Å². The number of ether oxygens (including phenoxy) is 1. The van der Waals surface area contributed by atoms with Crippen molar-refractivity contribution in [2.24, 2.45) is 5.92 Å². The number of morpholine rings is 1. The van der Waals surface area contributed by atoms with Gasteiger partial charge in [-0.15, -0.1) is 10.2 Å². The Bertz CT molecular complexity index is 572. The highest BCUT2D eigenvalue weighted by atomic mass is 19.4. The van der Waals surface area contributed by atoms with Gasteiger partial charge in [0.25, 0.3) is 0 Å². The molecule has 1 amide bonds. The topological polar surface area (TPSA) is 71.7 Å². The number of aromatic nitrogens is 2. The van der Waals surface area contributed by atoms with Crippen LogP contribution in [0.5, 0.6) is 0 Å². The lowest BCUT2D eigenvalue weighted by molar-refractivity contribution is -0.157. The SMILES string of the molecule is O=C(C1CCCN(Cc2nnc(C(F)(F)F)o2)C1)N1CCOCC1. The summed E-state index contributed by atoms with van der Waals surface area (Å²) >= 11 is 0. The fraction of sp³-hybridized carbons (Fsp3) is 0.786. The predicted octanol–water partition coefficient (Wildman–Crippen LogP) is 1.16. The van der Waals surface area contributed by atoms with Crippen LogP contribution >= 0.6 is 0 Å². The molecule has 0 saturated carbocycles. The molecule has 2 saturated heterocycles. The van der Waals surface area contributed by atoms with Crippen LogP contribution in [0.3, 0.4) is 0 Å². The summed E-state index contributed by atoms with van der Waals surface area (Å²) < 4.78 is 47.4. The van der Waals surface area contributed by atoms with E-state index >= 15 is 0 Å². The average molecular weight is 348 g/mol. The zero-order chi connectivity index (χ0) is 17.2. The van der Waals surface area contributed by atoms with Crippen LogP contribution < -0.4 is 0 Å².